The van der Waals surface area contributed by atoms with Crippen molar-refractivity contribution in [2.24, 2.45) is 0 Å². The average molecular weight is 177 g/mol. The van der Waals surface area contributed by atoms with Gasteiger partial charge in [-0.15, -0.1) is 0 Å². The average Bonchev–Trinajstić information content (AvgIpc) is 2.44. The minimum atomic E-state index is -0.827. The summed E-state index contributed by atoms with van der Waals surface area (Å²) in [5.41, 5.74) is 1.61. The van der Waals surface area contributed by atoms with E-state index in [4.69, 9.17) is 5.11 Å². The number of H-pyrrole nitrogens is 1. The fraction of sp³-hybridized carbons (Fsp3) is 0.111. The smallest absolute Gasteiger partial charge is 0.311 e. The Bertz CT molecular complexity index is 415. The quantitative estimate of drug-likeness (QED) is 0.651. The SMILES string of the molecule is O=C(O)Cc1c[n+]2ccccc2[nH]1. The van der Waals surface area contributed by atoms with Crippen LogP contribution in [0.3, 0.4) is 0 Å². The lowest BCUT2D eigenvalue weighted by molar-refractivity contribution is -0.510. The van der Waals surface area contributed by atoms with Crippen molar-refractivity contribution >= 4 is 11.6 Å². The second-order valence-electron chi connectivity index (χ2n) is 2.84. The Morgan fingerprint density at radius 3 is 3.08 bits per heavy atom. The predicted molar refractivity (Wildman–Crippen MR) is 45.3 cm³/mol. The normalized spacial score (nSPS) is 10.5. The number of carboxylic acid groups (broad SMARTS) is 1. The van der Waals surface area contributed by atoms with Gasteiger partial charge in [-0.05, 0) is 6.07 Å². The molecule has 0 saturated heterocycles. The number of rotatable bonds is 2. The molecule has 0 fully saturated rings. The topological polar surface area (TPSA) is 57.2 Å². The summed E-state index contributed by atoms with van der Waals surface area (Å²) in [6, 6.07) is 5.69. The molecule has 0 amide bonds. The molecular formula is C9H9N2O2+. The van der Waals surface area contributed by atoms with Gasteiger partial charge in [0.25, 0.3) is 5.65 Å². The van der Waals surface area contributed by atoms with Crippen molar-refractivity contribution in [2.45, 2.75) is 6.42 Å². The van der Waals surface area contributed by atoms with E-state index >= 15 is 0 Å². The van der Waals surface area contributed by atoms with Gasteiger partial charge < -0.3 is 5.11 Å². The van der Waals surface area contributed by atoms with Gasteiger partial charge in [0.2, 0.25) is 0 Å². The van der Waals surface area contributed by atoms with Gasteiger partial charge >= 0.3 is 5.97 Å². The zero-order valence-corrected chi connectivity index (χ0v) is 6.90. The van der Waals surface area contributed by atoms with Gasteiger partial charge in [-0.3, -0.25) is 4.79 Å². The maximum Gasteiger partial charge on any atom is 0.311 e. The van der Waals surface area contributed by atoms with Crippen LogP contribution in [0.2, 0.25) is 0 Å². The maximum absolute atomic E-state index is 10.4. The highest BCUT2D eigenvalue weighted by Gasteiger charge is 2.10. The number of nitrogens with one attached hydrogen (secondary N) is 1. The highest BCUT2D eigenvalue weighted by molar-refractivity contribution is 5.69. The first kappa shape index (κ1) is 7.79. The minimum Gasteiger partial charge on any atom is -0.481 e. The number of hydrogen-bond donors (Lipinski definition) is 2. The van der Waals surface area contributed by atoms with E-state index < -0.39 is 5.97 Å². The Kier molecular flexibility index (Phi) is 1.73. The van der Waals surface area contributed by atoms with Gasteiger partial charge in [-0.25, -0.2) is 9.38 Å². The largest absolute Gasteiger partial charge is 0.481 e. The van der Waals surface area contributed by atoms with E-state index in [2.05, 4.69) is 4.98 Å². The summed E-state index contributed by atoms with van der Waals surface area (Å²) in [5, 5.41) is 8.56. The molecule has 2 aromatic heterocycles. The summed E-state index contributed by atoms with van der Waals surface area (Å²) in [7, 11) is 0. The Labute approximate surface area is 74.5 Å². The summed E-state index contributed by atoms with van der Waals surface area (Å²) in [4.78, 5) is 13.4. The van der Waals surface area contributed by atoms with Crippen molar-refractivity contribution in [2.75, 3.05) is 0 Å². The van der Waals surface area contributed by atoms with Crippen molar-refractivity contribution in [3.8, 4) is 0 Å². The number of aromatic amines is 1. The van der Waals surface area contributed by atoms with Crippen molar-refractivity contribution in [3.63, 3.8) is 0 Å². The molecular weight excluding hydrogens is 168 g/mol. The second kappa shape index (κ2) is 2.90. The molecule has 4 nitrogen and oxygen atoms in total. The molecule has 0 radical (unpaired) electrons. The lowest BCUT2D eigenvalue weighted by Crippen LogP contribution is -2.16. The lowest BCUT2D eigenvalue weighted by Gasteiger charge is -1.81. The van der Waals surface area contributed by atoms with Crippen LogP contribution in [0.5, 0.6) is 0 Å². The Morgan fingerprint density at radius 1 is 1.54 bits per heavy atom. The fourth-order valence-corrected chi connectivity index (χ4v) is 1.29. The van der Waals surface area contributed by atoms with E-state index in [1.807, 2.05) is 28.8 Å². The molecule has 0 aromatic carbocycles. The number of nitrogens with zero attached hydrogens (tertiary/aromatic N) is 1. The van der Waals surface area contributed by atoms with Crippen molar-refractivity contribution < 1.29 is 14.3 Å². The Hall–Kier alpha value is -1.84. The molecule has 2 rings (SSSR count). The van der Waals surface area contributed by atoms with E-state index in [-0.39, 0.29) is 6.42 Å². The molecule has 13 heavy (non-hydrogen) atoms. The number of hydrogen-bond acceptors (Lipinski definition) is 1. The van der Waals surface area contributed by atoms with Crippen molar-refractivity contribution in [3.05, 3.63) is 36.3 Å². The van der Waals surface area contributed by atoms with E-state index in [1.165, 1.54) is 0 Å². The van der Waals surface area contributed by atoms with E-state index in [0.717, 1.165) is 5.65 Å². The molecule has 66 valence electrons. The minimum absolute atomic E-state index is 0.0294. The van der Waals surface area contributed by atoms with Crippen LogP contribution in [0, 0.1) is 0 Å². The van der Waals surface area contributed by atoms with Crippen LogP contribution in [0.1, 0.15) is 5.69 Å². The zero-order chi connectivity index (χ0) is 9.26. The number of aromatic nitrogens is 2. The zero-order valence-electron chi connectivity index (χ0n) is 6.90. The number of aliphatic carboxylic acids is 1. The van der Waals surface area contributed by atoms with Gasteiger partial charge in [0.1, 0.15) is 12.6 Å². The van der Waals surface area contributed by atoms with Gasteiger partial charge in [0.15, 0.2) is 5.69 Å². The molecule has 0 atom stereocenters. The number of imidazole rings is 1. The van der Waals surface area contributed by atoms with Crippen LogP contribution in [-0.4, -0.2) is 16.1 Å². The van der Waals surface area contributed by atoms with Crippen LogP contribution in [0.15, 0.2) is 30.6 Å². The van der Waals surface area contributed by atoms with Crippen molar-refractivity contribution in [1.29, 1.82) is 0 Å². The second-order valence-corrected chi connectivity index (χ2v) is 2.84. The summed E-state index contributed by atoms with van der Waals surface area (Å²) in [6.07, 6.45) is 3.68. The van der Waals surface area contributed by atoms with E-state index in [1.54, 1.807) is 6.20 Å². The third-order valence-electron chi connectivity index (χ3n) is 1.82. The fourth-order valence-electron chi connectivity index (χ4n) is 1.29. The van der Waals surface area contributed by atoms with Crippen LogP contribution in [0.25, 0.3) is 5.65 Å². The predicted octanol–water partition coefficient (Wildman–Crippen LogP) is 0.380. The van der Waals surface area contributed by atoms with Gasteiger partial charge in [-0.1, -0.05) is 6.07 Å². The molecule has 2 aromatic rings. The van der Waals surface area contributed by atoms with Crippen LogP contribution < -0.4 is 4.40 Å². The molecule has 0 bridgehead atoms. The Morgan fingerprint density at radius 2 is 2.38 bits per heavy atom. The highest BCUT2D eigenvalue weighted by Crippen LogP contribution is 1.97. The van der Waals surface area contributed by atoms with Crippen molar-refractivity contribution in [1.82, 2.24) is 4.98 Å². The first-order chi connectivity index (χ1) is 6.25. The third-order valence-corrected chi connectivity index (χ3v) is 1.82. The third kappa shape index (κ3) is 1.51. The van der Waals surface area contributed by atoms with Crippen LogP contribution in [-0.2, 0) is 11.2 Å². The highest BCUT2D eigenvalue weighted by atomic mass is 16.4. The van der Waals surface area contributed by atoms with Gasteiger partial charge in [-0.2, -0.15) is 0 Å². The standard InChI is InChI=1S/C9H8N2O2/c12-9(13)5-7-6-11-4-2-1-3-8(11)10-7/h1-4,6H,5H2,(H,12,13)/p+1. The lowest BCUT2D eigenvalue weighted by atomic mass is 10.3. The monoisotopic (exact) mass is 177 g/mol. The maximum atomic E-state index is 10.4. The summed E-state index contributed by atoms with van der Waals surface area (Å²) in [6.45, 7) is 0. The summed E-state index contributed by atoms with van der Waals surface area (Å²) >= 11 is 0. The molecule has 0 spiro atoms. The molecule has 0 unspecified atom stereocenters. The molecule has 4 heteroatoms. The molecule has 0 saturated carbocycles. The van der Waals surface area contributed by atoms with Gasteiger partial charge in [0, 0.05) is 6.07 Å². The van der Waals surface area contributed by atoms with E-state index in [9.17, 15) is 4.79 Å². The van der Waals surface area contributed by atoms with Crippen LogP contribution >= 0.6 is 0 Å². The molecule has 2 heterocycles. The Balaban J connectivity index is 2.44. The first-order valence-corrected chi connectivity index (χ1v) is 3.95. The van der Waals surface area contributed by atoms with Crippen LogP contribution in [0.4, 0.5) is 0 Å². The summed E-state index contributed by atoms with van der Waals surface area (Å²) in [5.74, 6) is -0.827. The number of carbonyl (C=O) groups is 1. The first-order valence-electron chi connectivity index (χ1n) is 3.95. The number of pyridine rings is 1. The molecule has 0 aliphatic rings. The molecule has 2 N–H and O–H groups in total. The molecule has 0 aliphatic heterocycles. The summed E-state index contributed by atoms with van der Waals surface area (Å²) < 4.78 is 1.86. The van der Waals surface area contributed by atoms with E-state index in [0.29, 0.717) is 5.69 Å². The number of carboxylic acids is 1. The number of fused-ring (bicyclic) bond motifs is 1. The van der Waals surface area contributed by atoms with Gasteiger partial charge in [0.05, 0.1) is 6.20 Å². The molecule has 0 aliphatic carbocycles.